The standard InChI is InChI=1S/C9H8Cl3NOS/c10-6-4-7(11)9(8(12)5-6)13-15(14)2-1-3-15/h4-5H,1-3H2. The van der Waals surface area contributed by atoms with Crippen LogP contribution < -0.4 is 0 Å². The number of halogens is 3. The molecule has 2 rings (SSSR count). The van der Waals surface area contributed by atoms with Gasteiger partial charge in [0.25, 0.3) is 0 Å². The molecule has 1 fully saturated rings. The molecule has 82 valence electrons. The number of nitrogens with zero attached hydrogens (tertiary/aromatic N) is 1. The van der Waals surface area contributed by atoms with Crippen LogP contribution in [-0.4, -0.2) is 15.7 Å². The molecule has 0 amide bonds. The average molecular weight is 285 g/mol. The van der Waals surface area contributed by atoms with Crippen LogP contribution in [0.2, 0.25) is 15.1 Å². The van der Waals surface area contributed by atoms with Crippen molar-refractivity contribution < 1.29 is 4.21 Å². The van der Waals surface area contributed by atoms with Crippen LogP contribution in [0.1, 0.15) is 6.42 Å². The molecule has 6 heteroatoms. The van der Waals surface area contributed by atoms with Crippen molar-refractivity contribution in [2.24, 2.45) is 4.36 Å². The van der Waals surface area contributed by atoms with Crippen LogP contribution in [0.15, 0.2) is 16.5 Å². The first-order valence-electron chi connectivity index (χ1n) is 4.37. The van der Waals surface area contributed by atoms with Crippen LogP contribution in [-0.2, 0) is 9.73 Å². The summed E-state index contributed by atoms with van der Waals surface area (Å²) in [4.78, 5) is 0. The van der Waals surface area contributed by atoms with Gasteiger partial charge in [0.15, 0.2) is 0 Å². The van der Waals surface area contributed by atoms with E-state index in [2.05, 4.69) is 4.36 Å². The van der Waals surface area contributed by atoms with Gasteiger partial charge >= 0.3 is 0 Å². The average Bonchev–Trinajstić information content (AvgIpc) is 2.08. The van der Waals surface area contributed by atoms with Crippen molar-refractivity contribution in [3.05, 3.63) is 27.2 Å². The summed E-state index contributed by atoms with van der Waals surface area (Å²) in [6, 6.07) is 3.10. The van der Waals surface area contributed by atoms with Gasteiger partial charge in [-0.2, -0.15) is 4.36 Å². The minimum atomic E-state index is -2.09. The van der Waals surface area contributed by atoms with Gasteiger partial charge in [-0.1, -0.05) is 34.8 Å². The molecule has 0 unspecified atom stereocenters. The van der Waals surface area contributed by atoms with E-state index in [4.69, 9.17) is 34.8 Å². The van der Waals surface area contributed by atoms with Gasteiger partial charge in [0.1, 0.15) is 5.69 Å². The quantitative estimate of drug-likeness (QED) is 0.762. The minimum absolute atomic E-state index is 0.349. The Morgan fingerprint density at radius 2 is 1.67 bits per heavy atom. The summed E-state index contributed by atoms with van der Waals surface area (Å²) in [6.45, 7) is 0. The van der Waals surface area contributed by atoms with Crippen molar-refractivity contribution in [3.63, 3.8) is 0 Å². The normalized spacial score (nSPS) is 18.3. The van der Waals surface area contributed by atoms with E-state index >= 15 is 0 Å². The first-order chi connectivity index (χ1) is 7.00. The van der Waals surface area contributed by atoms with Crippen molar-refractivity contribution >= 4 is 50.2 Å². The maximum Gasteiger partial charge on any atom is 0.110 e. The Kier molecular flexibility index (Phi) is 3.17. The molecule has 0 atom stereocenters. The molecule has 0 saturated carbocycles. The Labute approximate surface area is 104 Å². The molecule has 0 spiro atoms. The number of rotatable bonds is 1. The molecule has 0 radical (unpaired) electrons. The summed E-state index contributed by atoms with van der Waals surface area (Å²) >= 11 is 17.6. The maximum absolute atomic E-state index is 11.9. The molecule has 1 aromatic carbocycles. The zero-order chi connectivity index (χ0) is 11.1. The highest BCUT2D eigenvalue weighted by Gasteiger charge is 2.20. The van der Waals surface area contributed by atoms with E-state index in [-0.39, 0.29) is 0 Å². The molecule has 0 bridgehead atoms. The van der Waals surface area contributed by atoms with Gasteiger partial charge in [0.2, 0.25) is 0 Å². The van der Waals surface area contributed by atoms with E-state index in [0.29, 0.717) is 32.3 Å². The summed E-state index contributed by atoms with van der Waals surface area (Å²) < 4.78 is 16.0. The Morgan fingerprint density at radius 3 is 2.07 bits per heavy atom. The smallest absolute Gasteiger partial charge is 0.110 e. The molecular weight excluding hydrogens is 277 g/mol. The monoisotopic (exact) mass is 283 g/mol. The minimum Gasteiger partial charge on any atom is -0.249 e. The summed E-state index contributed by atoms with van der Waals surface area (Å²) in [6.07, 6.45) is 0.950. The van der Waals surface area contributed by atoms with Crippen molar-refractivity contribution in [2.75, 3.05) is 11.5 Å². The first-order valence-corrected chi connectivity index (χ1v) is 7.36. The largest absolute Gasteiger partial charge is 0.249 e. The van der Waals surface area contributed by atoms with E-state index in [9.17, 15) is 4.21 Å². The number of hydrogen-bond acceptors (Lipinski definition) is 2. The van der Waals surface area contributed by atoms with E-state index < -0.39 is 9.73 Å². The van der Waals surface area contributed by atoms with Gasteiger partial charge in [-0.3, -0.25) is 0 Å². The van der Waals surface area contributed by atoms with Gasteiger partial charge in [0, 0.05) is 16.5 Å². The Bertz CT molecular complexity index is 487. The van der Waals surface area contributed by atoms with Crippen molar-refractivity contribution in [1.29, 1.82) is 0 Å². The molecule has 1 saturated heterocycles. The summed E-state index contributed by atoms with van der Waals surface area (Å²) in [5, 5.41) is 1.15. The molecular formula is C9H8Cl3NOS. The zero-order valence-electron chi connectivity index (χ0n) is 7.67. The van der Waals surface area contributed by atoms with E-state index in [1.165, 1.54) is 0 Å². The van der Waals surface area contributed by atoms with Gasteiger partial charge in [-0.15, -0.1) is 0 Å². The second-order valence-electron chi connectivity index (χ2n) is 3.34. The van der Waals surface area contributed by atoms with Crippen LogP contribution in [0.25, 0.3) is 0 Å². The fourth-order valence-corrected chi connectivity index (χ4v) is 3.77. The van der Waals surface area contributed by atoms with Gasteiger partial charge < -0.3 is 0 Å². The van der Waals surface area contributed by atoms with Gasteiger partial charge in [-0.05, 0) is 18.6 Å². The molecule has 1 aliphatic heterocycles. The molecule has 15 heavy (non-hydrogen) atoms. The van der Waals surface area contributed by atoms with Crippen molar-refractivity contribution in [1.82, 2.24) is 0 Å². The van der Waals surface area contributed by atoms with Crippen LogP contribution >= 0.6 is 34.8 Å². The van der Waals surface area contributed by atoms with Crippen LogP contribution in [0.5, 0.6) is 0 Å². The number of benzene rings is 1. The maximum atomic E-state index is 11.9. The third kappa shape index (κ3) is 2.41. The topological polar surface area (TPSA) is 29.4 Å². The zero-order valence-corrected chi connectivity index (χ0v) is 10.8. The van der Waals surface area contributed by atoms with Crippen LogP contribution in [0.3, 0.4) is 0 Å². The van der Waals surface area contributed by atoms with E-state index in [1.54, 1.807) is 12.1 Å². The first kappa shape index (κ1) is 11.5. The van der Waals surface area contributed by atoms with Gasteiger partial charge in [0.05, 0.1) is 19.8 Å². The van der Waals surface area contributed by atoms with Gasteiger partial charge in [-0.25, -0.2) is 4.21 Å². The third-order valence-electron chi connectivity index (χ3n) is 2.17. The lowest BCUT2D eigenvalue weighted by Crippen LogP contribution is -2.23. The molecule has 1 heterocycles. The Morgan fingerprint density at radius 1 is 1.13 bits per heavy atom. The SMILES string of the molecule is O=S1(=Nc2c(Cl)cc(Cl)cc2Cl)CCC1. The highest BCUT2D eigenvalue weighted by molar-refractivity contribution is 7.95. The summed E-state index contributed by atoms with van der Waals surface area (Å²) in [7, 11) is -2.09. The fraction of sp³-hybridized carbons (Fsp3) is 0.333. The van der Waals surface area contributed by atoms with Crippen molar-refractivity contribution in [2.45, 2.75) is 6.42 Å². The lowest BCUT2D eigenvalue weighted by atomic mass is 10.3. The third-order valence-corrected chi connectivity index (χ3v) is 5.33. The lowest BCUT2D eigenvalue weighted by Gasteiger charge is -2.18. The number of hydrogen-bond donors (Lipinski definition) is 0. The van der Waals surface area contributed by atoms with Crippen LogP contribution in [0, 0.1) is 0 Å². The summed E-state index contributed by atoms with van der Waals surface area (Å²) in [5.74, 6) is 1.25. The second-order valence-corrected chi connectivity index (χ2v) is 7.14. The predicted octanol–water partition coefficient (Wildman–Crippen LogP) is 4.15. The van der Waals surface area contributed by atoms with Crippen molar-refractivity contribution in [3.8, 4) is 0 Å². The van der Waals surface area contributed by atoms with E-state index in [0.717, 1.165) is 6.42 Å². The lowest BCUT2D eigenvalue weighted by molar-refractivity contribution is 0.663. The molecule has 0 N–H and O–H groups in total. The fourth-order valence-electron chi connectivity index (χ4n) is 1.27. The molecule has 1 aromatic rings. The molecule has 2 nitrogen and oxygen atoms in total. The Balaban J connectivity index is 2.54. The molecule has 0 aliphatic carbocycles. The summed E-state index contributed by atoms with van der Waals surface area (Å²) in [5.41, 5.74) is 0.396. The molecule has 1 aliphatic rings. The van der Waals surface area contributed by atoms with Crippen LogP contribution in [0.4, 0.5) is 5.69 Å². The predicted molar refractivity (Wildman–Crippen MR) is 66.1 cm³/mol. The highest BCUT2D eigenvalue weighted by atomic mass is 35.5. The second kappa shape index (κ2) is 4.13. The highest BCUT2D eigenvalue weighted by Crippen LogP contribution is 2.37. The van der Waals surface area contributed by atoms with E-state index in [1.807, 2.05) is 0 Å². The molecule has 0 aromatic heterocycles. The Hall–Kier alpha value is 0.0400.